The predicted octanol–water partition coefficient (Wildman–Crippen LogP) is -2.38. The molecule has 1 aliphatic heterocycles. The van der Waals surface area contributed by atoms with E-state index in [2.05, 4.69) is 0 Å². The van der Waals surface area contributed by atoms with Gasteiger partial charge in [0.1, 0.15) is 18.3 Å². The molecule has 1 aromatic heterocycles. The van der Waals surface area contributed by atoms with Crippen molar-refractivity contribution in [1.82, 2.24) is 9.55 Å². The first-order valence-electron chi connectivity index (χ1n) is 6.12. The van der Waals surface area contributed by atoms with Crippen molar-refractivity contribution in [2.45, 2.75) is 30.6 Å². The van der Waals surface area contributed by atoms with E-state index in [-0.39, 0.29) is 9.99 Å². The summed E-state index contributed by atoms with van der Waals surface area (Å²) in [5, 5.41) is 38.4. The topological polar surface area (TPSA) is 145 Å². The fourth-order valence-electron chi connectivity index (χ4n) is 2.12. The van der Waals surface area contributed by atoms with Crippen molar-refractivity contribution in [2.24, 2.45) is 0 Å². The molecule has 10 heteroatoms. The summed E-state index contributed by atoms with van der Waals surface area (Å²) < 4.78 is 6.33. The number of ether oxygens (including phenoxy) is 1. The number of H-pyrrole nitrogens is 1. The molecule has 118 valence electrons. The number of nitrogens with zero attached hydrogens (tertiary/aromatic N) is 1. The summed E-state index contributed by atoms with van der Waals surface area (Å²) in [5.74, 6) is 0. The Hall–Kier alpha value is -0.790. The molecule has 1 aromatic rings. The molecule has 5 N–H and O–H groups in total. The molecule has 9 nitrogen and oxygen atoms in total. The molecule has 1 aliphatic rings. The van der Waals surface area contributed by atoms with Gasteiger partial charge in [-0.25, -0.2) is 4.79 Å². The molecule has 0 aliphatic carbocycles. The monoisotopic (exact) mass is 414 g/mol. The number of nitrogens with one attached hydrogen (secondary N) is 1. The average Bonchev–Trinajstić information content (AvgIpc) is 2.74. The van der Waals surface area contributed by atoms with E-state index in [9.17, 15) is 24.9 Å². The van der Waals surface area contributed by atoms with E-state index in [1.807, 2.05) is 27.6 Å². The van der Waals surface area contributed by atoms with Crippen molar-refractivity contribution in [2.75, 3.05) is 11.0 Å². The number of aliphatic hydroxyl groups excluding tert-OH is 4. The average molecular weight is 414 g/mol. The van der Waals surface area contributed by atoms with E-state index in [1.54, 1.807) is 0 Å². The smallest absolute Gasteiger partial charge is 0.330 e. The Morgan fingerprint density at radius 1 is 1.38 bits per heavy atom. The van der Waals surface area contributed by atoms with Crippen LogP contribution >= 0.6 is 22.6 Å². The molecule has 1 saturated heterocycles. The van der Waals surface area contributed by atoms with E-state index in [0.29, 0.717) is 0 Å². The minimum Gasteiger partial charge on any atom is -0.394 e. The van der Waals surface area contributed by atoms with Gasteiger partial charge in [-0.3, -0.25) is 14.3 Å². The van der Waals surface area contributed by atoms with Gasteiger partial charge in [0.2, 0.25) is 0 Å². The number of aromatic nitrogens is 2. The van der Waals surface area contributed by atoms with Gasteiger partial charge in [-0.05, 0) is 0 Å². The first-order chi connectivity index (χ1) is 9.90. The Labute approximate surface area is 132 Å². The van der Waals surface area contributed by atoms with Gasteiger partial charge in [0, 0.05) is 10.6 Å². The maximum absolute atomic E-state index is 11.8. The Bertz CT molecular complexity index is 615. The fraction of sp³-hybridized carbons (Fsp3) is 0.636. The Balaban J connectivity index is 2.45. The quantitative estimate of drug-likeness (QED) is 0.273. The second-order valence-electron chi connectivity index (χ2n) is 4.65. The summed E-state index contributed by atoms with van der Waals surface area (Å²) in [4.78, 5) is 25.5. The third-order valence-corrected chi connectivity index (χ3v) is 4.13. The van der Waals surface area contributed by atoms with Crippen LogP contribution in [0.5, 0.6) is 0 Å². The Kier molecular flexibility index (Phi) is 5.16. The van der Waals surface area contributed by atoms with Crippen molar-refractivity contribution in [3.63, 3.8) is 0 Å². The molecule has 0 amide bonds. The standard InChI is InChI=1S/C11H15IN2O7/c12-1-5(16)4-2-14(11(20)13-9(4)19)10-8(18)7(17)6(3-15)21-10/h2,5-8,10,15-18H,1,3H2,(H,13,19,20)/t5-,6-,7-,8-,10-/m1/s1. The van der Waals surface area contributed by atoms with Gasteiger partial charge in [0.05, 0.1) is 18.3 Å². The lowest BCUT2D eigenvalue weighted by molar-refractivity contribution is -0.0553. The fourth-order valence-corrected chi connectivity index (χ4v) is 2.59. The molecule has 0 spiro atoms. The molecule has 21 heavy (non-hydrogen) atoms. The second kappa shape index (κ2) is 6.54. The molecule has 0 saturated carbocycles. The molecule has 0 unspecified atom stereocenters. The summed E-state index contributed by atoms with van der Waals surface area (Å²) in [6.45, 7) is -0.532. The maximum Gasteiger partial charge on any atom is 0.330 e. The number of aromatic amines is 1. The van der Waals surface area contributed by atoms with Crippen LogP contribution in [0.4, 0.5) is 0 Å². The van der Waals surface area contributed by atoms with Crippen LogP contribution in [0, 0.1) is 0 Å². The zero-order chi connectivity index (χ0) is 15.7. The largest absolute Gasteiger partial charge is 0.394 e. The molecule has 0 bridgehead atoms. The lowest BCUT2D eigenvalue weighted by Gasteiger charge is -2.18. The Morgan fingerprint density at radius 2 is 2.05 bits per heavy atom. The summed E-state index contributed by atoms with van der Waals surface area (Å²) in [6.07, 6.45) is -5.11. The van der Waals surface area contributed by atoms with E-state index in [0.717, 1.165) is 10.8 Å². The maximum atomic E-state index is 11.8. The Morgan fingerprint density at radius 3 is 2.57 bits per heavy atom. The normalized spacial score (nSPS) is 30.5. The molecule has 2 heterocycles. The zero-order valence-corrected chi connectivity index (χ0v) is 12.9. The predicted molar refractivity (Wildman–Crippen MR) is 78.2 cm³/mol. The second-order valence-corrected chi connectivity index (χ2v) is 5.53. The molecule has 0 aromatic carbocycles. The van der Waals surface area contributed by atoms with Crippen LogP contribution < -0.4 is 11.2 Å². The molecule has 5 atom stereocenters. The van der Waals surface area contributed by atoms with Crippen molar-refractivity contribution < 1.29 is 25.2 Å². The van der Waals surface area contributed by atoms with Gasteiger partial charge in [0.15, 0.2) is 6.23 Å². The lowest BCUT2D eigenvalue weighted by atomic mass is 10.1. The number of halogens is 1. The van der Waals surface area contributed by atoms with E-state index < -0.39 is 48.5 Å². The highest BCUT2D eigenvalue weighted by Crippen LogP contribution is 2.28. The molecular weight excluding hydrogens is 399 g/mol. The van der Waals surface area contributed by atoms with Crippen LogP contribution in [0.1, 0.15) is 17.9 Å². The molecular formula is C11H15IN2O7. The highest BCUT2D eigenvalue weighted by Gasteiger charge is 2.43. The van der Waals surface area contributed by atoms with Crippen LogP contribution in [-0.4, -0.2) is 59.3 Å². The third kappa shape index (κ3) is 3.05. The summed E-state index contributed by atoms with van der Waals surface area (Å²) in [7, 11) is 0. The van der Waals surface area contributed by atoms with Gasteiger partial charge >= 0.3 is 5.69 Å². The SMILES string of the molecule is O=c1[nH]c(=O)n([C@@H]2O[C@H](CO)[C@@H](O)[C@H]2O)cc1[C@H](O)CI. The molecule has 2 rings (SSSR count). The van der Waals surface area contributed by atoms with Crippen LogP contribution in [0.2, 0.25) is 0 Å². The lowest BCUT2D eigenvalue weighted by Crippen LogP contribution is -2.39. The number of alkyl halides is 1. The van der Waals surface area contributed by atoms with Gasteiger partial charge in [0.25, 0.3) is 5.56 Å². The first kappa shape index (κ1) is 16.6. The van der Waals surface area contributed by atoms with Gasteiger partial charge in [-0.15, -0.1) is 0 Å². The van der Waals surface area contributed by atoms with Crippen LogP contribution in [0.15, 0.2) is 15.8 Å². The molecule has 0 radical (unpaired) electrons. The first-order valence-corrected chi connectivity index (χ1v) is 7.65. The number of aliphatic hydroxyl groups is 4. The minimum atomic E-state index is -1.45. The summed E-state index contributed by atoms with van der Waals surface area (Å²) >= 11 is 1.88. The minimum absolute atomic E-state index is 0.0539. The van der Waals surface area contributed by atoms with Crippen LogP contribution in [0.25, 0.3) is 0 Å². The number of hydrogen-bond donors (Lipinski definition) is 5. The van der Waals surface area contributed by atoms with Gasteiger partial charge in [-0.2, -0.15) is 0 Å². The van der Waals surface area contributed by atoms with Crippen molar-refractivity contribution >= 4 is 22.6 Å². The van der Waals surface area contributed by atoms with Gasteiger partial charge in [-0.1, -0.05) is 22.6 Å². The van der Waals surface area contributed by atoms with Crippen molar-refractivity contribution in [3.8, 4) is 0 Å². The zero-order valence-electron chi connectivity index (χ0n) is 10.7. The molecule has 1 fully saturated rings. The highest BCUT2D eigenvalue weighted by molar-refractivity contribution is 14.1. The van der Waals surface area contributed by atoms with Crippen LogP contribution in [-0.2, 0) is 4.74 Å². The summed E-state index contributed by atoms with van der Waals surface area (Å²) in [6, 6.07) is 0. The van der Waals surface area contributed by atoms with Crippen molar-refractivity contribution in [1.29, 1.82) is 0 Å². The third-order valence-electron chi connectivity index (χ3n) is 3.29. The van der Waals surface area contributed by atoms with E-state index in [4.69, 9.17) is 9.84 Å². The van der Waals surface area contributed by atoms with E-state index in [1.165, 1.54) is 0 Å². The van der Waals surface area contributed by atoms with E-state index >= 15 is 0 Å². The van der Waals surface area contributed by atoms with Crippen LogP contribution in [0.3, 0.4) is 0 Å². The van der Waals surface area contributed by atoms with Crippen molar-refractivity contribution in [3.05, 3.63) is 32.6 Å². The van der Waals surface area contributed by atoms with Gasteiger partial charge < -0.3 is 25.2 Å². The number of hydrogen-bond acceptors (Lipinski definition) is 7. The highest BCUT2D eigenvalue weighted by atomic mass is 127. The summed E-state index contributed by atoms with van der Waals surface area (Å²) in [5.41, 5.74) is -1.63. The number of rotatable bonds is 4.